The van der Waals surface area contributed by atoms with E-state index in [0.717, 1.165) is 0 Å². The first-order valence-corrected chi connectivity index (χ1v) is 4.94. The van der Waals surface area contributed by atoms with Crippen LogP contribution in [0.2, 0.25) is 0 Å². The number of ketones is 1. The molecule has 0 amide bonds. The number of nitrogens with zero attached hydrogens (tertiary/aromatic N) is 1. The lowest BCUT2D eigenvalue weighted by Gasteiger charge is -2.00. The summed E-state index contributed by atoms with van der Waals surface area (Å²) < 4.78 is 0. The molecule has 70 valence electrons. The van der Waals surface area contributed by atoms with Crippen LogP contribution in [-0.4, -0.2) is 10.8 Å². The Morgan fingerprint density at radius 1 is 1.43 bits per heavy atom. The third-order valence-corrected chi connectivity index (χ3v) is 2.71. The van der Waals surface area contributed by atoms with E-state index in [2.05, 4.69) is 4.98 Å². The van der Waals surface area contributed by atoms with Gasteiger partial charge in [0.1, 0.15) is 0 Å². The predicted octanol–water partition coefficient (Wildman–Crippen LogP) is 1.96. The maximum Gasteiger partial charge on any atom is 0.206 e. The van der Waals surface area contributed by atoms with Gasteiger partial charge in [0.05, 0.1) is 10.4 Å². The van der Waals surface area contributed by atoms with Gasteiger partial charge in [0.15, 0.2) is 0 Å². The number of anilines is 1. The van der Waals surface area contributed by atoms with Gasteiger partial charge in [0, 0.05) is 18.1 Å². The zero-order chi connectivity index (χ0) is 9.97. The lowest BCUT2D eigenvalue weighted by Crippen LogP contribution is -2.03. The lowest BCUT2D eigenvalue weighted by atomic mass is 10.1. The molecule has 2 heterocycles. The summed E-state index contributed by atoms with van der Waals surface area (Å²) in [4.78, 5) is 16.4. The fraction of sp³-hybridized carbons (Fsp3) is 0. The van der Waals surface area contributed by atoms with Crippen LogP contribution in [0.1, 0.15) is 15.2 Å². The number of carbonyl (C=O) groups is 1. The number of hydrogen-bond donors (Lipinski definition) is 1. The number of aromatic nitrogens is 1. The highest BCUT2D eigenvalue weighted by Crippen LogP contribution is 2.18. The minimum Gasteiger partial charge on any atom is -0.398 e. The zero-order valence-electron chi connectivity index (χ0n) is 7.31. The Bertz CT molecular complexity index is 451. The number of carbonyl (C=O) groups excluding carboxylic acids is 1. The second-order valence-electron chi connectivity index (χ2n) is 2.77. The van der Waals surface area contributed by atoms with E-state index in [9.17, 15) is 4.79 Å². The van der Waals surface area contributed by atoms with E-state index in [0.29, 0.717) is 16.1 Å². The van der Waals surface area contributed by atoms with Gasteiger partial charge in [-0.05, 0) is 17.5 Å². The van der Waals surface area contributed by atoms with E-state index in [1.165, 1.54) is 17.5 Å². The molecule has 0 radical (unpaired) electrons. The Morgan fingerprint density at radius 3 is 2.93 bits per heavy atom. The van der Waals surface area contributed by atoms with Crippen molar-refractivity contribution in [3.8, 4) is 0 Å². The average molecular weight is 204 g/mol. The Kier molecular flexibility index (Phi) is 2.28. The molecule has 0 spiro atoms. The summed E-state index contributed by atoms with van der Waals surface area (Å²) in [5.74, 6) is -0.0643. The molecule has 2 aromatic rings. The number of nitrogens with two attached hydrogens (primary N) is 1. The molecule has 0 aliphatic carbocycles. The summed E-state index contributed by atoms with van der Waals surface area (Å²) in [6.07, 6.45) is 3.07. The van der Waals surface area contributed by atoms with Crippen molar-refractivity contribution in [3.63, 3.8) is 0 Å². The molecule has 4 heteroatoms. The molecule has 2 N–H and O–H groups in total. The molecule has 2 aromatic heterocycles. The van der Waals surface area contributed by atoms with Crippen LogP contribution < -0.4 is 5.73 Å². The van der Waals surface area contributed by atoms with Gasteiger partial charge in [-0.25, -0.2) is 0 Å². The molecule has 2 rings (SSSR count). The summed E-state index contributed by atoms with van der Waals surface area (Å²) in [5.41, 5.74) is 6.61. The van der Waals surface area contributed by atoms with Gasteiger partial charge in [-0.15, -0.1) is 11.3 Å². The van der Waals surface area contributed by atoms with Gasteiger partial charge in [0.2, 0.25) is 5.78 Å². The van der Waals surface area contributed by atoms with E-state index >= 15 is 0 Å². The van der Waals surface area contributed by atoms with Crippen LogP contribution in [0.15, 0.2) is 36.0 Å². The molecule has 0 saturated heterocycles. The smallest absolute Gasteiger partial charge is 0.206 e. The summed E-state index contributed by atoms with van der Waals surface area (Å²) in [6.45, 7) is 0. The number of pyridine rings is 1. The van der Waals surface area contributed by atoms with Gasteiger partial charge in [-0.1, -0.05) is 6.07 Å². The maximum atomic E-state index is 11.8. The molecule has 0 unspecified atom stereocenters. The Balaban J connectivity index is 2.42. The van der Waals surface area contributed by atoms with E-state index in [1.54, 1.807) is 18.3 Å². The average Bonchev–Trinajstić information content (AvgIpc) is 2.70. The molecular weight excluding hydrogens is 196 g/mol. The predicted molar refractivity (Wildman–Crippen MR) is 56.4 cm³/mol. The first kappa shape index (κ1) is 8.90. The molecule has 0 atom stereocenters. The molecule has 0 aliphatic heterocycles. The van der Waals surface area contributed by atoms with Gasteiger partial charge in [-0.2, -0.15) is 0 Å². The summed E-state index contributed by atoms with van der Waals surface area (Å²) in [7, 11) is 0. The first-order valence-electron chi connectivity index (χ1n) is 4.07. The van der Waals surface area contributed by atoms with E-state index < -0.39 is 0 Å². The maximum absolute atomic E-state index is 11.8. The van der Waals surface area contributed by atoms with Crippen LogP contribution >= 0.6 is 11.3 Å². The molecule has 3 nitrogen and oxygen atoms in total. The van der Waals surface area contributed by atoms with Crippen molar-refractivity contribution in [1.82, 2.24) is 4.98 Å². The van der Waals surface area contributed by atoms with Crippen molar-refractivity contribution in [2.45, 2.75) is 0 Å². The molecule has 0 aliphatic rings. The minimum absolute atomic E-state index is 0.0643. The monoisotopic (exact) mass is 204 g/mol. The van der Waals surface area contributed by atoms with Gasteiger partial charge in [0.25, 0.3) is 0 Å². The van der Waals surface area contributed by atoms with Crippen molar-refractivity contribution in [2.75, 3.05) is 5.73 Å². The number of hydrogen-bond acceptors (Lipinski definition) is 4. The van der Waals surface area contributed by atoms with Crippen LogP contribution in [0.5, 0.6) is 0 Å². The molecule has 0 fully saturated rings. The van der Waals surface area contributed by atoms with E-state index in [-0.39, 0.29) is 5.78 Å². The number of thiophene rings is 1. The van der Waals surface area contributed by atoms with Crippen LogP contribution in [0, 0.1) is 0 Å². The molecular formula is C10H8N2OS. The fourth-order valence-electron chi connectivity index (χ4n) is 1.14. The first-order chi connectivity index (χ1) is 6.79. The highest BCUT2D eigenvalue weighted by Gasteiger charge is 2.12. The van der Waals surface area contributed by atoms with Gasteiger partial charge < -0.3 is 5.73 Å². The summed E-state index contributed by atoms with van der Waals surface area (Å²) in [5, 5.41) is 1.86. The Hall–Kier alpha value is -1.68. The lowest BCUT2D eigenvalue weighted by molar-refractivity contribution is 0.104. The molecule has 0 aromatic carbocycles. The van der Waals surface area contributed by atoms with Crippen molar-refractivity contribution in [3.05, 3.63) is 46.4 Å². The SMILES string of the molecule is Nc1ccncc1C(=O)c1cccs1. The van der Waals surface area contributed by atoms with Gasteiger partial charge in [-0.3, -0.25) is 9.78 Å². The van der Waals surface area contributed by atoms with Crippen LogP contribution in [0.3, 0.4) is 0 Å². The highest BCUT2D eigenvalue weighted by molar-refractivity contribution is 7.12. The quantitative estimate of drug-likeness (QED) is 0.761. The third kappa shape index (κ3) is 1.52. The standard InChI is InChI=1S/C10H8N2OS/c11-8-3-4-12-6-7(8)10(13)9-2-1-5-14-9/h1-6H,(H2,11,12). The van der Waals surface area contributed by atoms with Crippen molar-refractivity contribution in [2.24, 2.45) is 0 Å². The van der Waals surface area contributed by atoms with Crippen molar-refractivity contribution >= 4 is 22.8 Å². The second-order valence-corrected chi connectivity index (χ2v) is 3.72. The van der Waals surface area contributed by atoms with Crippen LogP contribution in [-0.2, 0) is 0 Å². The van der Waals surface area contributed by atoms with E-state index in [1.807, 2.05) is 11.4 Å². The molecule has 14 heavy (non-hydrogen) atoms. The Morgan fingerprint density at radius 2 is 2.29 bits per heavy atom. The Labute approximate surface area is 85.2 Å². The topological polar surface area (TPSA) is 56.0 Å². The normalized spacial score (nSPS) is 10.0. The zero-order valence-corrected chi connectivity index (χ0v) is 8.12. The molecule has 0 bridgehead atoms. The largest absolute Gasteiger partial charge is 0.398 e. The van der Waals surface area contributed by atoms with Crippen molar-refractivity contribution < 1.29 is 4.79 Å². The van der Waals surface area contributed by atoms with Crippen molar-refractivity contribution in [1.29, 1.82) is 0 Å². The number of nitrogen functional groups attached to an aromatic ring is 1. The van der Waals surface area contributed by atoms with E-state index in [4.69, 9.17) is 5.73 Å². The number of rotatable bonds is 2. The summed E-state index contributed by atoms with van der Waals surface area (Å²) >= 11 is 1.40. The van der Waals surface area contributed by atoms with Crippen LogP contribution in [0.4, 0.5) is 5.69 Å². The second kappa shape index (κ2) is 3.59. The summed E-state index contributed by atoms with van der Waals surface area (Å²) in [6, 6.07) is 5.24. The fourth-order valence-corrected chi connectivity index (χ4v) is 1.81. The van der Waals surface area contributed by atoms with Crippen LogP contribution in [0.25, 0.3) is 0 Å². The highest BCUT2D eigenvalue weighted by atomic mass is 32.1. The van der Waals surface area contributed by atoms with Gasteiger partial charge >= 0.3 is 0 Å². The minimum atomic E-state index is -0.0643. The third-order valence-electron chi connectivity index (χ3n) is 1.84. The molecule has 0 saturated carbocycles.